The van der Waals surface area contributed by atoms with Crippen molar-refractivity contribution in [3.8, 4) is 0 Å². The molecule has 0 radical (unpaired) electrons. The Hall–Kier alpha value is -0.570. The molecule has 0 bridgehead atoms. The molecule has 0 aliphatic carbocycles. The molecule has 0 saturated heterocycles. The molecule has 0 atom stereocenters. The fourth-order valence-corrected chi connectivity index (χ4v) is 0.522. The highest BCUT2D eigenvalue weighted by Crippen LogP contribution is 2.10. The number of nitrogen functional groups attached to an aromatic ring is 1. The Morgan fingerprint density at radius 1 is 1.71 bits per heavy atom. The quantitative estimate of drug-likeness (QED) is 0.431. The van der Waals surface area contributed by atoms with Crippen LogP contribution in [-0.2, 0) is 0 Å². The molecule has 0 spiro atoms. The van der Waals surface area contributed by atoms with E-state index in [-0.39, 0.29) is 0 Å². The first-order valence-corrected chi connectivity index (χ1v) is 2.37. The van der Waals surface area contributed by atoms with Gasteiger partial charge in [0.2, 0.25) is 0 Å². The molecule has 3 N–H and O–H groups in total. The van der Waals surface area contributed by atoms with E-state index in [1.165, 1.54) is 0 Å². The number of hydrogen-bond donors (Lipinski definition) is 3. The van der Waals surface area contributed by atoms with Crippen LogP contribution in [0.5, 0.6) is 0 Å². The van der Waals surface area contributed by atoms with Crippen molar-refractivity contribution in [2.24, 2.45) is 0 Å². The minimum absolute atomic E-state index is 0.698. The second-order valence-corrected chi connectivity index (χ2v) is 1.73. The molecule has 1 rings (SSSR count). The lowest BCUT2D eigenvalue weighted by atomic mass is 10.6. The lowest BCUT2D eigenvalue weighted by Crippen LogP contribution is -1.79. The number of rotatable bonds is 0. The minimum Gasteiger partial charge on any atom is -0.397 e. The zero-order chi connectivity index (χ0) is 5.28. The fourth-order valence-electron chi connectivity index (χ4n) is 0.373. The molecule has 0 saturated carbocycles. The molecule has 1 heterocycles. The molecule has 0 unspecified atom stereocenters. The molecular formula is C4H6N2S. The van der Waals surface area contributed by atoms with Crippen molar-refractivity contribution < 1.29 is 0 Å². The first kappa shape index (κ1) is 4.59. The topological polar surface area (TPSA) is 41.8 Å². The van der Waals surface area contributed by atoms with E-state index in [0.717, 1.165) is 5.03 Å². The zero-order valence-electron chi connectivity index (χ0n) is 3.68. The zero-order valence-corrected chi connectivity index (χ0v) is 4.57. The third-order valence-electron chi connectivity index (χ3n) is 0.756. The van der Waals surface area contributed by atoms with Crippen LogP contribution in [0.3, 0.4) is 0 Å². The van der Waals surface area contributed by atoms with E-state index in [2.05, 4.69) is 17.6 Å². The molecule has 38 valence electrons. The Labute approximate surface area is 47.1 Å². The molecule has 0 aliphatic heterocycles. The number of H-pyrrole nitrogens is 1. The maximum Gasteiger partial charge on any atom is 0.0924 e. The Morgan fingerprint density at radius 3 is 2.57 bits per heavy atom. The number of nitrogens with two attached hydrogens (primary N) is 1. The van der Waals surface area contributed by atoms with Crippen molar-refractivity contribution in [2.45, 2.75) is 5.03 Å². The van der Waals surface area contributed by atoms with E-state index in [9.17, 15) is 0 Å². The summed E-state index contributed by atoms with van der Waals surface area (Å²) in [5.74, 6) is 0. The minimum atomic E-state index is 0.698. The first-order chi connectivity index (χ1) is 3.30. The van der Waals surface area contributed by atoms with Gasteiger partial charge in [0.25, 0.3) is 0 Å². The molecule has 2 nitrogen and oxygen atoms in total. The summed E-state index contributed by atoms with van der Waals surface area (Å²) in [5, 5.41) is 0.736. The van der Waals surface area contributed by atoms with Crippen molar-refractivity contribution in [2.75, 3.05) is 5.73 Å². The van der Waals surface area contributed by atoms with Gasteiger partial charge in [0.1, 0.15) is 0 Å². The molecule has 7 heavy (non-hydrogen) atoms. The summed E-state index contributed by atoms with van der Waals surface area (Å²) >= 11 is 3.97. The highest BCUT2D eigenvalue weighted by molar-refractivity contribution is 7.80. The third kappa shape index (κ3) is 0.718. The van der Waals surface area contributed by atoms with Gasteiger partial charge in [-0.05, 0) is 6.07 Å². The van der Waals surface area contributed by atoms with Crippen LogP contribution in [0.15, 0.2) is 17.3 Å². The van der Waals surface area contributed by atoms with Gasteiger partial charge in [-0.15, -0.1) is 12.6 Å². The molecular weight excluding hydrogens is 108 g/mol. The normalized spacial score (nSPS) is 9.29. The second kappa shape index (κ2) is 1.50. The van der Waals surface area contributed by atoms with E-state index in [0.29, 0.717) is 5.69 Å². The van der Waals surface area contributed by atoms with E-state index < -0.39 is 0 Å². The lowest BCUT2D eigenvalue weighted by molar-refractivity contribution is 1.22. The summed E-state index contributed by atoms with van der Waals surface area (Å²) in [6, 6.07) is 1.77. The van der Waals surface area contributed by atoms with Crippen molar-refractivity contribution in [1.29, 1.82) is 0 Å². The summed E-state index contributed by atoms with van der Waals surface area (Å²) in [6.45, 7) is 0. The van der Waals surface area contributed by atoms with Gasteiger partial charge in [0.15, 0.2) is 0 Å². The van der Waals surface area contributed by atoms with Crippen LogP contribution in [0.25, 0.3) is 0 Å². The van der Waals surface area contributed by atoms with Crippen molar-refractivity contribution in [3.05, 3.63) is 12.3 Å². The van der Waals surface area contributed by atoms with Gasteiger partial charge in [0, 0.05) is 6.20 Å². The molecule has 0 aromatic carbocycles. The number of anilines is 1. The number of nitrogens with one attached hydrogen (secondary N) is 1. The molecule has 0 fully saturated rings. The smallest absolute Gasteiger partial charge is 0.0924 e. The predicted molar refractivity (Wildman–Crippen MR) is 32.5 cm³/mol. The average Bonchev–Trinajstić information content (AvgIpc) is 1.91. The molecule has 0 amide bonds. The number of aromatic amines is 1. The van der Waals surface area contributed by atoms with E-state index >= 15 is 0 Å². The Balaban J connectivity index is 3.12. The van der Waals surface area contributed by atoms with Crippen molar-refractivity contribution >= 4 is 18.3 Å². The van der Waals surface area contributed by atoms with Crippen LogP contribution < -0.4 is 5.73 Å². The van der Waals surface area contributed by atoms with Crippen LogP contribution in [0.1, 0.15) is 0 Å². The van der Waals surface area contributed by atoms with Gasteiger partial charge in [-0.2, -0.15) is 0 Å². The third-order valence-corrected chi connectivity index (χ3v) is 1.14. The Bertz CT molecular complexity index is 142. The first-order valence-electron chi connectivity index (χ1n) is 1.92. The summed E-state index contributed by atoms with van der Waals surface area (Å²) in [6.07, 6.45) is 1.75. The van der Waals surface area contributed by atoms with Crippen molar-refractivity contribution in [3.63, 3.8) is 0 Å². The van der Waals surface area contributed by atoms with Gasteiger partial charge >= 0.3 is 0 Å². The standard InChI is InChI=1S/C4H6N2S/c5-3-1-2-6-4(3)7/h1-2,6-7H,5H2. The van der Waals surface area contributed by atoms with Crippen LogP contribution in [-0.4, -0.2) is 4.98 Å². The Morgan fingerprint density at radius 2 is 2.43 bits per heavy atom. The summed E-state index contributed by atoms with van der Waals surface area (Å²) < 4.78 is 0. The molecule has 1 aromatic heterocycles. The summed E-state index contributed by atoms with van der Waals surface area (Å²) in [4.78, 5) is 2.81. The van der Waals surface area contributed by atoms with E-state index in [1.807, 2.05) is 0 Å². The number of hydrogen-bond acceptors (Lipinski definition) is 2. The summed E-state index contributed by atoms with van der Waals surface area (Å²) in [5.41, 5.74) is 6.03. The van der Waals surface area contributed by atoms with Gasteiger partial charge in [-0.3, -0.25) is 0 Å². The van der Waals surface area contributed by atoms with Crippen LogP contribution in [0, 0.1) is 0 Å². The molecule has 3 heteroatoms. The van der Waals surface area contributed by atoms with E-state index in [1.54, 1.807) is 12.3 Å². The van der Waals surface area contributed by atoms with Gasteiger partial charge < -0.3 is 10.7 Å². The summed E-state index contributed by atoms with van der Waals surface area (Å²) in [7, 11) is 0. The monoisotopic (exact) mass is 114 g/mol. The Kier molecular flexibility index (Phi) is 0.982. The predicted octanol–water partition coefficient (Wildman–Crippen LogP) is 0.886. The van der Waals surface area contributed by atoms with Crippen LogP contribution in [0.2, 0.25) is 0 Å². The van der Waals surface area contributed by atoms with Gasteiger partial charge in [-0.25, -0.2) is 0 Å². The van der Waals surface area contributed by atoms with E-state index in [4.69, 9.17) is 5.73 Å². The maximum atomic E-state index is 5.33. The largest absolute Gasteiger partial charge is 0.397 e. The number of aromatic nitrogens is 1. The molecule has 0 aliphatic rings. The lowest BCUT2D eigenvalue weighted by Gasteiger charge is -1.81. The SMILES string of the molecule is Nc1cc[nH]c1S. The second-order valence-electron chi connectivity index (χ2n) is 1.28. The van der Waals surface area contributed by atoms with Crippen LogP contribution >= 0.6 is 12.6 Å². The van der Waals surface area contributed by atoms with Crippen LogP contribution in [0.4, 0.5) is 5.69 Å². The van der Waals surface area contributed by atoms with Gasteiger partial charge in [0.05, 0.1) is 10.7 Å². The highest BCUT2D eigenvalue weighted by atomic mass is 32.1. The fraction of sp³-hybridized carbons (Fsp3) is 0. The maximum absolute atomic E-state index is 5.33. The highest BCUT2D eigenvalue weighted by Gasteiger charge is 1.87. The van der Waals surface area contributed by atoms with Crippen molar-refractivity contribution in [1.82, 2.24) is 4.98 Å². The average molecular weight is 114 g/mol. The van der Waals surface area contributed by atoms with Gasteiger partial charge in [-0.1, -0.05) is 0 Å². The number of thiol groups is 1. The molecule has 1 aromatic rings.